The first-order valence-electron chi connectivity index (χ1n) is 8.57. The number of nitrogens with zero attached hydrogens (tertiary/aromatic N) is 2. The molecule has 0 aliphatic carbocycles. The topological polar surface area (TPSA) is 62.7 Å². The molecule has 0 radical (unpaired) electrons. The number of benzene rings is 1. The number of pyridine rings is 1. The van der Waals surface area contributed by atoms with Crippen LogP contribution in [0.4, 0.5) is 0 Å². The Kier molecular flexibility index (Phi) is 5.46. The molecule has 1 N–H and O–H groups in total. The summed E-state index contributed by atoms with van der Waals surface area (Å²) in [4.78, 5) is 18.4. The highest BCUT2D eigenvalue weighted by Crippen LogP contribution is 2.24. The Morgan fingerprint density at radius 3 is 2.60 bits per heavy atom. The van der Waals surface area contributed by atoms with Crippen molar-refractivity contribution in [2.24, 2.45) is 0 Å². The van der Waals surface area contributed by atoms with Crippen LogP contribution in [0.25, 0.3) is 0 Å². The average molecular weight is 340 g/mol. The van der Waals surface area contributed by atoms with Gasteiger partial charge in [0.25, 0.3) is 0 Å². The first kappa shape index (κ1) is 17.6. The van der Waals surface area contributed by atoms with Gasteiger partial charge >= 0.3 is 0 Å². The third-order valence-electron chi connectivity index (χ3n) is 4.64. The molecule has 132 valence electrons. The average Bonchev–Trinajstić information content (AvgIpc) is 2.65. The maximum atomic E-state index is 12.6. The number of ether oxygens (including phenoxy) is 1. The van der Waals surface area contributed by atoms with E-state index in [4.69, 9.17) is 4.74 Å². The summed E-state index contributed by atoms with van der Waals surface area (Å²) in [6.07, 6.45) is 4.31. The molecule has 3 rings (SSSR count). The molecule has 1 aliphatic rings. The Morgan fingerprint density at radius 1 is 1.20 bits per heavy atom. The Balaban J connectivity index is 1.69. The SMILES string of the molecule is Cc1ccc(CC2(CO)CN(C(=O)Cc3ccncc3)CCO2)cc1. The standard InChI is InChI=1S/C20H24N2O3/c1-16-2-4-18(5-3-16)13-20(15-23)14-22(10-11-25-20)19(24)12-17-6-8-21-9-7-17/h2-9,23H,10-15H2,1H3. The van der Waals surface area contributed by atoms with Gasteiger partial charge in [-0.2, -0.15) is 0 Å². The molecule has 0 bridgehead atoms. The number of carbonyl (C=O) groups excluding carboxylic acids is 1. The minimum atomic E-state index is -0.735. The van der Waals surface area contributed by atoms with Crippen molar-refractivity contribution in [3.63, 3.8) is 0 Å². The molecule has 25 heavy (non-hydrogen) atoms. The second kappa shape index (κ2) is 7.76. The van der Waals surface area contributed by atoms with Gasteiger partial charge in [0, 0.05) is 25.4 Å². The fourth-order valence-electron chi connectivity index (χ4n) is 3.18. The van der Waals surface area contributed by atoms with Crippen molar-refractivity contribution >= 4 is 5.91 Å². The zero-order valence-corrected chi connectivity index (χ0v) is 14.5. The summed E-state index contributed by atoms with van der Waals surface area (Å²) in [5, 5.41) is 9.98. The number of aliphatic hydroxyl groups is 1. The normalized spacial score (nSPS) is 20.5. The Morgan fingerprint density at radius 2 is 1.92 bits per heavy atom. The molecule has 1 atom stereocenters. The van der Waals surface area contributed by atoms with Crippen LogP contribution in [0, 0.1) is 6.92 Å². The van der Waals surface area contributed by atoms with Gasteiger partial charge in [0.1, 0.15) is 5.60 Å². The molecular formula is C20H24N2O3. The zero-order valence-electron chi connectivity index (χ0n) is 14.5. The van der Waals surface area contributed by atoms with Gasteiger partial charge in [-0.25, -0.2) is 0 Å². The van der Waals surface area contributed by atoms with Crippen LogP contribution in [0.5, 0.6) is 0 Å². The number of amides is 1. The summed E-state index contributed by atoms with van der Waals surface area (Å²) in [7, 11) is 0. The lowest BCUT2D eigenvalue weighted by molar-refractivity contribution is -0.157. The van der Waals surface area contributed by atoms with E-state index in [-0.39, 0.29) is 12.5 Å². The molecule has 1 aromatic heterocycles. The number of morpholine rings is 1. The predicted octanol–water partition coefficient (Wildman–Crippen LogP) is 1.77. The van der Waals surface area contributed by atoms with Crippen LogP contribution < -0.4 is 0 Å². The molecule has 5 nitrogen and oxygen atoms in total. The highest BCUT2D eigenvalue weighted by molar-refractivity contribution is 5.79. The predicted molar refractivity (Wildman–Crippen MR) is 95.2 cm³/mol. The van der Waals surface area contributed by atoms with Crippen LogP contribution in [0.3, 0.4) is 0 Å². The van der Waals surface area contributed by atoms with E-state index >= 15 is 0 Å². The fraction of sp³-hybridized carbons (Fsp3) is 0.400. The van der Waals surface area contributed by atoms with Gasteiger partial charge in [-0.15, -0.1) is 0 Å². The van der Waals surface area contributed by atoms with E-state index in [2.05, 4.69) is 17.1 Å². The molecule has 1 fully saturated rings. The maximum Gasteiger partial charge on any atom is 0.227 e. The van der Waals surface area contributed by atoms with E-state index in [1.807, 2.05) is 31.2 Å². The lowest BCUT2D eigenvalue weighted by atomic mass is 9.92. The number of hydrogen-bond donors (Lipinski definition) is 1. The third-order valence-corrected chi connectivity index (χ3v) is 4.64. The van der Waals surface area contributed by atoms with Crippen molar-refractivity contribution in [3.8, 4) is 0 Å². The first-order chi connectivity index (χ1) is 12.1. The summed E-state index contributed by atoms with van der Waals surface area (Å²) in [6.45, 7) is 3.33. The lowest BCUT2D eigenvalue weighted by Gasteiger charge is -2.42. The van der Waals surface area contributed by atoms with Crippen molar-refractivity contribution in [1.82, 2.24) is 9.88 Å². The number of aryl methyl sites for hydroxylation is 1. The lowest BCUT2D eigenvalue weighted by Crippen LogP contribution is -2.57. The van der Waals surface area contributed by atoms with Gasteiger partial charge < -0.3 is 14.7 Å². The second-order valence-electron chi connectivity index (χ2n) is 6.70. The van der Waals surface area contributed by atoms with Crippen LogP contribution in [-0.2, 0) is 22.4 Å². The molecule has 1 aromatic carbocycles. The Labute approximate surface area is 148 Å². The van der Waals surface area contributed by atoms with E-state index in [1.54, 1.807) is 17.3 Å². The van der Waals surface area contributed by atoms with Crippen molar-refractivity contribution in [1.29, 1.82) is 0 Å². The maximum absolute atomic E-state index is 12.6. The van der Waals surface area contributed by atoms with Crippen molar-refractivity contribution in [3.05, 3.63) is 65.5 Å². The summed E-state index contributed by atoms with van der Waals surface area (Å²) in [5.74, 6) is 0.0521. The first-order valence-corrected chi connectivity index (χ1v) is 8.57. The van der Waals surface area contributed by atoms with Gasteiger partial charge in [0.05, 0.1) is 26.2 Å². The molecular weight excluding hydrogens is 316 g/mol. The number of carbonyl (C=O) groups is 1. The quantitative estimate of drug-likeness (QED) is 0.901. The fourth-order valence-corrected chi connectivity index (χ4v) is 3.18. The van der Waals surface area contributed by atoms with Gasteiger partial charge in [0.2, 0.25) is 5.91 Å². The molecule has 2 heterocycles. The monoisotopic (exact) mass is 340 g/mol. The van der Waals surface area contributed by atoms with E-state index in [0.717, 1.165) is 11.1 Å². The van der Waals surface area contributed by atoms with Crippen molar-refractivity contribution in [2.45, 2.75) is 25.4 Å². The minimum Gasteiger partial charge on any atom is -0.393 e. The van der Waals surface area contributed by atoms with Crippen LogP contribution >= 0.6 is 0 Å². The van der Waals surface area contributed by atoms with Crippen LogP contribution in [0.2, 0.25) is 0 Å². The smallest absolute Gasteiger partial charge is 0.227 e. The number of hydrogen-bond acceptors (Lipinski definition) is 4. The van der Waals surface area contributed by atoms with Gasteiger partial charge in [-0.05, 0) is 30.2 Å². The van der Waals surface area contributed by atoms with Crippen molar-refractivity contribution in [2.75, 3.05) is 26.3 Å². The Hall–Kier alpha value is -2.24. The molecule has 1 aliphatic heterocycles. The minimum absolute atomic E-state index is 0.0521. The molecule has 5 heteroatoms. The number of aliphatic hydroxyl groups excluding tert-OH is 1. The molecule has 1 amide bonds. The summed E-state index contributed by atoms with van der Waals surface area (Å²) in [5.41, 5.74) is 2.50. The summed E-state index contributed by atoms with van der Waals surface area (Å²) in [6, 6.07) is 11.9. The molecule has 1 unspecified atom stereocenters. The van der Waals surface area contributed by atoms with Gasteiger partial charge in [-0.1, -0.05) is 29.8 Å². The highest BCUT2D eigenvalue weighted by Gasteiger charge is 2.38. The zero-order chi connectivity index (χ0) is 17.7. The van der Waals surface area contributed by atoms with Gasteiger partial charge in [-0.3, -0.25) is 9.78 Å². The molecule has 1 saturated heterocycles. The third kappa shape index (κ3) is 4.44. The highest BCUT2D eigenvalue weighted by atomic mass is 16.5. The molecule has 0 spiro atoms. The summed E-state index contributed by atoms with van der Waals surface area (Å²) >= 11 is 0. The van der Waals surface area contributed by atoms with Gasteiger partial charge in [0.15, 0.2) is 0 Å². The second-order valence-corrected chi connectivity index (χ2v) is 6.70. The van der Waals surface area contributed by atoms with Crippen molar-refractivity contribution < 1.29 is 14.6 Å². The van der Waals surface area contributed by atoms with E-state index in [9.17, 15) is 9.90 Å². The van der Waals surface area contributed by atoms with E-state index < -0.39 is 5.60 Å². The van der Waals surface area contributed by atoms with Crippen LogP contribution in [0.1, 0.15) is 16.7 Å². The molecule has 2 aromatic rings. The summed E-state index contributed by atoms with van der Waals surface area (Å²) < 4.78 is 5.93. The Bertz CT molecular complexity index is 703. The van der Waals surface area contributed by atoms with Crippen LogP contribution in [-0.4, -0.2) is 52.8 Å². The van der Waals surface area contributed by atoms with E-state index in [0.29, 0.717) is 32.5 Å². The van der Waals surface area contributed by atoms with E-state index in [1.165, 1.54) is 5.56 Å². The van der Waals surface area contributed by atoms with Crippen LogP contribution in [0.15, 0.2) is 48.8 Å². The largest absolute Gasteiger partial charge is 0.393 e. The number of rotatable bonds is 5. The number of aromatic nitrogens is 1. The molecule has 0 saturated carbocycles.